The van der Waals surface area contributed by atoms with Gasteiger partial charge in [-0.15, -0.1) is 0 Å². The van der Waals surface area contributed by atoms with E-state index in [1.807, 2.05) is 41.9 Å². The van der Waals surface area contributed by atoms with Crippen molar-refractivity contribution in [3.8, 4) is 23.0 Å². The summed E-state index contributed by atoms with van der Waals surface area (Å²) in [5.74, 6) is 1.01. The van der Waals surface area contributed by atoms with Gasteiger partial charge >= 0.3 is 0 Å². The summed E-state index contributed by atoms with van der Waals surface area (Å²) in [5, 5.41) is 8.73. The van der Waals surface area contributed by atoms with E-state index in [9.17, 15) is 0 Å². The Kier molecular flexibility index (Phi) is 4.58. The number of benzene rings is 2. The number of aryl methyl sites for hydroxylation is 2. The summed E-state index contributed by atoms with van der Waals surface area (Å²) in [7, 11) is 0. The smallest absolute Gasteiger partial charge is 0.278 e. The molecular formula is C20H17IN4O. The number of nitrogens with zero attached hydrogens (tertiary/aromatic N) is 4. The highest BCUT2D eigenvalue weighted by Crippen LogP contribution is 2.23. The van der Waals surface area contributed by atoms with Crippen molar-refractivity contribution in [1.29, 1.82) is 0 Å². The second-order valence-corrected chi connectivity index (χ2v) is 7.49. The van der Waals surface area contributed by atoms with Crippen LogP contribution in [0.3, 0.4) is 0 Å². The molecule has 0 fully saturated rings. The molecule has 2 aromatic heterocycles. The first-order chi connectivity index (χ1) is 12.6. The van der Waals surface area contributed by atoms with Crippen molar-refractivity contribution < 1.29 is 4.52 Å². The zero-order valence-corrected chi connectivity index (χ0v) is 16.6. The van der Waals surface area contributed by atoms with Crippen LogP contribution >= 0.6 is 22.6 Å². The van der Waals surface area contributed by atoms with Gasteiger partial charge in [0.05, 0.1) is 6.54 Å². The maximum Gasteiger partial charge on any atom is 0.278 e. The van der Waals surface area contributed by atoms with Gasteiger partial charge in [0, 0.05) is 14.8 Å². The lowest BCUT2D eigenvalue weighted by Gasteiger charge is -2.04. The number of halogens is 1. The molecule has 0 bridgehead atoms. The maximum atomic E-state index is 5.43. The third-order valence-electron chi connectivity index (χ3n) is 4.18. The van der Waals surface area contributed by atoms with Crippen molar-refractivity contribution in [3.63, 3.8) is 0 Å². The van der Waals surface area contributed by atoms with Crippen molar-refractivity contribution in [2.24, 2.45) is 0 Å². The molecule has 0 radical (unpaired) electrons. The number of aromatic nitrogens is 4. The molecule has 0 amide bonds. The van der Waals surface area contributed by atoms with E-state index in [1.165, 1.54) is 14.7 Å². The Morgan fingerprint density at radius 3 is 2.46 bits per heavy atom. The van der Waals surface area contributed by atoms with Crippen molar-refractivity contribution in [3.05, 3.63) is 75.0 Å². The molecule has 0 atom stereocenters. The second-order valence-electron chi connectivity index (χ2n) is 6.24. The Bertz CT molecular complexity index is 1030. The fraction of sp³-hybridized carbons (Fsp3) is 0.150. The molecule has 0 aliphatic heterocycles. The Morgan fingerprint density at radius 1 is 1.00 bits per heavy atom. The average Bonchev–Trinajstić information content (AvgIpc) is 3.25. The minimum atomic E-state index is 0.435. The first-order valence-electron chi connectivity index (χ1n) is 8.28. The molecule has 4 aromatic rings. The second kappa shape index (κ2) is 7.03. The molecular weight excluding hydrogens is 439 g/mol. The summed E-state index contributed by atoms with van der Waals surface area (Å²) in [4.78, 5) is 4.50. The SMILES string of the molecule is Cc1ccc(Cn2nc(-c3nc(-c4ccc(I)cc4)no3)cc2C)cc1. The molecule has 0 spiro atoms. The van der Waals surface area contributed by atoms with Gasteiger partial charge in [-0.25, -0.2) is 0 Å². The fourth-order valence-corrected chi connectivity index (χ4v) is 3.04. The summed E-state index contributed by atoms with van der Waals surface area (Å²) in [5.41, 5.74) is 5.13. The van der Waals surface area contributed by atoms with Crippen LogP contribution in [-0.2, 0) is 6.54 Å². The fourth-order valence-electron chi connectivity index (χ4n) is 2.68. The lowest BCUT2D eigenvalue weighted by atomic mass is 10.1. The first-order valence-corrected chi connectivity index (χ1v) is 9.36. The molecule has 0 N–H and O–H groups in total. The topological polar surface area (TPSA) is 56.7 Å². The van der Waals surface area contributed by atoms with E-state index in [0.29, 0.717) is 24.0 Å². The molecule has 26 heavy (non-hydrogen) atoms. The third-order valence-corrected chi connectivity index (χ3v) is 4.90. The highest BCUT2D eigenvalue weighted by Gasteiger charge is 2.15. The highest BCUT2D eigenvalue weighted by molar-refractivity contribution is 14.1. The predicted octanol–water partition coefficient (Wildman–Crippen LogP) is 4.87. The van der Waals surface area contributed by atoms with Crippen molar-refractivity contribution in [2.45, 2.75) is 20.4 Å². The van der Waals surface area contributed by atoms with Crippen LogP contribution in [0, 0.1) is 17.4 Å². The number of hydrogen-bond donors (Lipinski definition) is 0. The van der Waals surface area contributed by atoms with E-state index in [4.69, 9.17) is 4.52 Å². The molecule has 0 saturated carbocycles. The molecule has 2 heterocycles. The van der Waals surface area contributed by atoms with Gasteiger partial charge in [0.1, 0.15) is 0 Å². The largest absolute Gasteiger partial charge is 0.332 e. The van der Waals surface area contributed by atoms with Crippen LogP contribution in [0.2, 0.25) is 0 Å². The van der Waals surface area contributed by atoms with Gasteiger partial charge in [0.25, 0.3) is 5.89 Å². The van der Waals surface area contributed by atoms with Crippen LogP contribution in [0.5, 0.6) is 0 Å². The van der Waals surface area contributed by atoms with Crippen LogP contribution < -0.4 is 0 Å². The molecule has 0 saturated heterocycles. The van der Waals surface area contributed by atoms with Gasteiger partial charge in [-0.1, -0.05) is 47.1 Å². The monoisotopic (exact) mass is 456 g/mol. The van der Waals surface area contributed by atoms with Gasteiger partial charge < -0.3 is 4.52 Å². The molecule has 5 nitrogen and oxygen atoms in total. The van der Waals surface area contributed by atoms with Gasteiger partial charge in [-0.2, -0.15) is 10.1 Å². The van der Waals surface area contributed by atoms with E-state index in [0.717, 1.165) is 11.3 Å². The van der Waals surface area contributed by atoms with Crippen LogP contribution in [0.4, 0.5) is 0 Å². The van der Waals surface area contributed by atoms with E-state index in [2.05, 4.69) is 69.0 Å². The van der Waals surface area contributed by atoms with E-state index < -0.39 is 0 Å². The zero-order valence-electron chi connectivity index (χ0n) is 14.5. The first kappa shape index (κ1) is 17.0. The van der Waals surface area contributed by atoms with Crippen molar-refractivity contribution in [1.82, 2.24) is 19.9 Å². The van der Waals surface area contributed by atoms with Crippen molar-refractivity contribution >= 4 is 22.6 Å². The molecule has 0 aliphatic carbocycles. The van der Waals surface area contributed by atoms with E-state index in [1.54, 1.807) is 0 Å². The summed E-state index contributed by atoms with van der Waals surface area (Å²) >= 11 is 2.27. The predicted molar refractivity (Wildman–Crippen MR) is 109 cm³/mol. The molecule has 6 heteroatoms. The van der Waals surface area contributed by atoms with E-state index >= 15 is 0 Å². The molecule has 4 rings (SSSR count). The van der Waals surface area contributed by atoms with Gasteiger partial charge in [-0.3, -0.25) is 4.68 Å². The zero-order chi connectivity index (χ0) is 18.1. The molecule has 130 valence electrons. The summed E-state index contributed by atoms with van der Waals surface area (Å²) in [6.07, 6.45) is 0. The summed E-state index contributed by atoms with van der Waals surface area (Å²) in [6, 6.07) is 18.4. The van der Waals surface area contributed by atoms with Gasteiger partial charge in [0.2, 0.25) is 5.82 Å². The van der Waals surface area contributed by atoms with Crippen LogP contribution in [-0.4, -0.2) is 19.9 Å². The normalized spacial score (nSPS) is 11.0. The maximum absolute atomic E-state index is 5.43. The quantitative estimate of drug-likeness (QED) is 0.412. The lowest BCUT2D eigenvalue weighted by Crippen LogP contribution is -2.03. The Morgan fingerprint density at radius 2 is 1.73 bits per heavy atom. The number of hydrogen-bond acceptors (Lipinski definition) is 4. The lowest BCUT2D eigenvalue weighted by molar-refractivity contribution is 0.430. The third kappa shape index (κ3) is 3.55. The van der Waals surface area contributed by atoms with Crippen LogP contribution in [0.25, 0.3) is 23.0 Å². The molecule has 2 aromatic carbocycles. The Labute approximate surface area is 165 Å². The Balaban J connectivity index is 1.59. The van der Waals surface area contributed by atoms with Gasteiger partial charge in [0.15, 0.2) is 5.69 Å². The minimum Gasteiger partial charge on any atom is -0.332 e. The average molecular weight is 456 g/mol. The highest BCUT2D eigenvalue weighted by atomic mass is 127. The van der Waals surface area contributed by atoms with Crippen LogP contribution in [0.1, 0.15) is 16.8 Å². The van der Waals surface area contributed by atoms with Gasteiger partial charge in [-0.05, 0) is 60.2 Å². The molecule has 0 unspecified atom stereocenters. The Hall–Kier alpha value is -2.48. The molecule has 0 aliphatic rings. The van der Waals surface area contributed by atoms with Crippen LogP contribution in [0.15, 0.2) is 59.1 Å². The van der Waals surface area contributed by atoms with Crippen molar-refractivity contribution in [2.75, 3.05) is 0 Å². The summed E-state index contributed by atoms with van der Waals surface area (Å²) < 4.78 is 8.55. The standard InChI is InChI=1S/C20H17IN4O/c1-13-3-5-15(6-4-13)12-25-14(2)11-18(23-25)20-22-19(24-26-20)16-7-9-17(21)10-8-16/h3-11H,12H2,1-2H3. The summed E-state index contributed by atoms with van der Waals surface area (Å²) in [6.45, 7) is 4.83. The number of rotatable bonds is 4. The van der Waals surface area contributed by atoms with E-state index in [-0.39, 0.29) is 0 Å². The minimum absolute atomic E-state index is 0.435.